The second-order valence-electron chi connectivity index (χ2n) is 7.87. The zero-order valence-corrected chi connectivity index (χ0v) is 18.5. The van der Waals surface area contributed by atoms with Crippen molar-refractivity contribution in [3.8, 4) is 17.2 Å². The molecule has 2 aromatic heterocycles. The van der Waals surface area contributed by atoms with Crippen LogP contribution in [0.25, 0.3) is 22.0 Å². The number of primary amides is 2. The molecule has 0 radical (unpaired) electrons. The van der Waals surface area contributed by atoms with Crippen molar-refractivity contribution in [1.82, 2.24) is 14.8 Å². The van der Waals surface area contributed by atoms with Crippen LogP contribution in [0, 0.1) is 24.1 Å². The van der Waals surface area contributed by atoms with E-state index in [4.69, 9.17) is 16.7 Å². The number of aryl methyl sites for hydroxylation is 1. The van der Waals surface area contributed by atoms with Crippen LogP contribution in [0.4, 0.5) is 17.6 Å². The van der Waals surface area contributed by atoms with Gasteiger partial charge in [0, 0.05) is 22.6 Å². The van der Waals surface area contributed by atoms with Gasteiger partial charge in [-0.2, -0.15) is 23.5 Å². The van der Waals surface area contributed by atoms with Crippen LogP contribution >= 0.6 is 0 Å². The van der Waals surface area contributed by atoms with Gasteiger partial charge in [-0.1, -0.05) is 12.1 Å². The molecule has 0 unspecified atom stereocenters. The van der Waals surface area contributed by atoms with E-state index in [1.165, 1.54) is 31.2 Å². The minimum absolute atomic E-state index is 0.0590. The Labute approximate surface area is 200 Å². The van der Waals surface area contributed by atoms with E-state index in [0.29, 0.717) is 15.8 Å². The number of amides is 2. The van der Waals surface area contributed by atoms with Crippen LogP contribution in [0.3, 0.4) is 0 Å². The van der Waals surface area contributed by atoms with Gasteiger partial charge in [0.25, 0.3) is 5.91 Å². The van der Waals surface area contributed by atoms with Crippen molar-refractivity contribution >= 4 is 22.7 Å². The number of pyridine rings is 1. The first-order chi connectivity index (χ1) is 16.9. The van der Waals surface area contributed by atoms with Gasteiger partial charge >= 0.3 is 6.18 Å². The lowest BCUT2D eigenvalue weighted by atomic mass is 9.92. The monoisotopic (exact) mass is 496 g/mol. The van der Waals surface area contributed by atoms with Crippen LogP contribution in [0.2, 0.25) is 0 Å². The van der Waals surface area contributed by atoms with Gasteiger partial charge in [0.1, 0.15) is 11.5 Å². The smallest absolute Gasteiger partial charge is 0.366 e. The van der Waals surface area contributed by atoms with Gasteiger partial charge in [0.15, 0.2) is 5.69 Å². The summed E-state index contributed by atoms with van der Waals surface area (Å²) in [5.74, 6) is -3.17. The average molecular weight is 496 g/mol. The van der Waals surface area contributed by atoms with Gasteiger partial charge in [0.05, 0.1) is 35.0 Å². The molecule has 4 N–H and O–H groups in total. The van der Waals surface area contributed by atoms with E-state index in [2.05, 4.69) is 10.1 Å². The van der Waals surface area contributed by atoms with Gasteiger partial charge < -0.3 is 11.5 Å². The molecule has 0 saturated heterocycles. The molecule has 0 atom stereocenters. The Hall–Kier alpha value is -4.79. The summed E-state index contributed by atoms with van der Waals surface area (Å²) in [4.78, 5) is 28.8. The second-order valence-corrected chi connectivity index (χ2v) is 7.87. The van der Waals surface area contributed by atoms with E-state index in [-0.39, 0.29) is 23.1 Å². The number of carbonyl (C=O) groups is 2. The Bertz CT molecular complexity index is 1580. The SMILES string of the molecule is Cc1nn(Cc2ccc(C#N)cc2)c(C(F)(F)F)c1-c1c(C(N)=O)nc2cc(F)ccc2c1C(N)=O. The zero-order chi connectivity index (χ0) is 26.4. The van der Waals surface area contributed by atoms with Crippen LogP contribution < -0.4 is 11.5 Å². The molecule has 2 amide bonds. The number of aromatic nitrogens is 3. The van der Waals surface area contributed by atoms with E-state index in [1.807, 2.05) is 6.07 Å². The van der Waals surface area contributed by atoms with Crippen molar-refractivity contribution in [1.29, 1.82) is 5.26 Å². The van der Waals surface area contributed by atoms with Crippen LogP contribution in [-0.4, -0.2) is 26.6 Å². The highest BCUT2D eigenvalue weighted by atomic mass is 19.4. The Balaban J connectivity index is 2.08. The maximum absolute atomic E-state index is 14.5. The van der Waals surface area contributed by atoms with Gasteiger partial charge in [0.2, 0.25) is 5.91 Å². The van der Waals surface area contributed by atoms with Gasteiger partial charge in [-0.05, 0) is 36.8 Å². The quantitative estimate of drug-likeness (QED) is 0.406. The van der Waals surface area contributed by atoms with E-state index in [0.717, 1.165) is 18.2 Å². The molecule has 36 heavy (non-hydrogen) atoms. The largest absolute Gasteiger partial charge is 0.433 e. The molecular weight excluding hydrogens is 480 g/mol. The minimum Gasteiger partial charge on any atom is -0.366 e. The fourth-order valence-corrected chi connectivity index (χ4v) is 4.06. The predicted octanol–water partition coefficient (Wildman–Crippen LogP) is 3.68. The van der Waals surface area contributed by atoms with Crippen molar-refractivity contribution in [2.75, 3.05) is 0 Å². The normalized spacial score (nSPS) is 11.4. The van der Waals surface area contributed by atoms with E-state index in [9.17, 15) is 27.2 Å². The Morgan fingerprint density at radius 2 is 1.72 bits per heavy atom. The molecule has 2 heterocycles. The molecule has 182 valence electrons. The van der Waals surface area contributed by atoms with Crippen LogP contribution in [0.5, 0.6) is 0 Å². The molecule has 4 rings (SSSR count). The molecule has 8 nitrogen and oxygen atoms in total. The molecule has 12 heteroatoms. The Morgan fingerprint density at radius 3 is 2.28 bits per heavy atom. The van der Waals surface area contributed by atoms with Crippen molar-refractivity contribution in [3.63, 3.8) is 0 Å². The lowest BCUT2D eigenvalue weighted by Gasteiger charge is -2.17. The number of hydrogen-bond acceptors (Lipinski definition) is 5. The number of nitriles is 1. The summed E-state index contributed by atoms with van der Waals surface area (Å²) in [7, 11) is 0. The summed E-state index contributed by atoms with van der Waals surface area (Å²) in [6, 6.07) is 10.8. The maximum atomic E-state index is 14.5. The number of hydrogen-bond donors (Lipinski definition) is 2. The second kappa shape index (κ2) is 8.77. The van der Waals surface area contributed by atoms with Crippen molar-refractivity contribution in [3.05, 3.63) is 82.1 Å². The summed E-state index contributed by atoms with van der Waals surface area (Å²) in [6.07, 6.45) is -5.00. The van der Waals surface area contributed by atoms with E-state index in [1.54, 1.807) is 0 Å². The highest BCUT2D eigenvalue weighted by Crippen LogP contribution is 2.43. The summed E-state index contributed by atoms with van der Waals surface area (Å²) >= 11 is 0. The molecule has 0 aliphatic heterocycles. The highest BCUT2D eigenvalue weighted by molar-refractivity contribution is 6.15. The Morgan fingerprint density at radius 1 is 1.06 bits per heavy atom. The first-order valence-electron chi connectivity index (χ1n) is 10.3. The van der Waals surface area contributed by atoms with Crippen LogP contribution in [0.15, 0.2) is 42.5 Å². The predicted molar refractivity (Wildman–Crippen MR) is 120 cm³/mol. The summed E-state index contributed by atoms with van der Waals surface area (Å²) in [5, 5.41) is 12.9. The number of rotatable bonds is 5. The number of alkyl halides is 3. The van der Waals surface area contributed by atoms with Gasteiger partial charge in [-0.15, -0.1) is 0 Å². The zero-order valence-electron chi connectivity index (χ0n) is 18.5. The Kier molecular flexibility index (Phi) is 5.93. The number of fused-ring (bicyclic) bond motifs is 1. The van der Waals surface area contributed by atoms with Crippen molar-refractivity contribution in [2.45, 2.75) is 19.6 Å². The highest BCUT2D eigenvalue weighted by Gasteiger charge is 2.42. The molecule has 0 spiro atoms. The number of halogens is 4. The van der Waals surface area contributed by atoms with E-state index < -0.39 is 51.9 Å². The van der Waals surface area contributed by atoms with Gasteiger partial charge in [-0.3, -0.25) is 14.3 Å². The third-order valence-corrected chi connectivity index (χ3v) is 5.49. The third kappa shape index (κ3) is 4.22. The molecule has 2 aromatic carbocycles. The first kappa shape index (κ1) is 24.3. The number of carbonyl (C=O) groups excluding carboxylic acids is 2. The molecule has 0 aliphatic rings. The number of nitrogens with two attached hydrogens (primary N) is 2. The summed E-state index contributed by atoms with van der Waals surface area (Å²) in [5.41, 5.74) is 7.79. The molecule has 4 aromatic rings. The third-order valence-electron chi connectivity index (χ3n) is 5.49. The van der Waals surface area contributed by atoms with E-state index >= 15 is 0 Å². The maximum Gasteiger partial charge on any atom is 0.433 e. The average Bonchev–Trinajstić information content (AvgIpc) is 3.13. The van der Waals surface area contributed by atoms with Gasteiger partial charge in [-0.25, -0.2) is 9.37 Å². The summed E-state index contributed by atoms with van der Waals surface area (Å²) < 4.78 is 57.9. The fourth-order valence-electron chi connectivity index (χ4n) is 4.06. The summed E-state index contributed by atoms with van der Waals surface area (Å²) in [6.45, 7) is 0.926. The van der Waals surface area contributed by atoms with Crippen molar-refractivity contribution < 1.29 is 27.2 Å². The standard InChI is InChI=1S/C24H16F4N6O2/c1-11-17(21(24(26,27)28)34(33-11)10-13-4-2-12(9-29)3-5-13)19-18(22(30)35)15-7-6-14(25)8-16(15)32-20(19)23(31)36/h2-8H,10H2,1H3,(H2,30,35)(H2,31,36). The molecular formula is C24H16F4N6O2. The fraction of sp³-hybridized carbons (Fsp3) is 0.125. The number of nitrogens with zero attached hydrogens (tertiary/aromatic N) is 4. The molecule has 0 saturated carbocycles. The number of benzene rings is 2. The molecule has 0 aliphatic carbocycles. The lowest BCUT2D eigenvalue weighted by molar-refractivity contribution is -0.143. The minimum atomic E-state index is -5.00. The van der Waals surface area contributed by atoms with Crippen molar-refractivity contribution in [2.24, 2.45) is 11.5 Å². The van der Waals surface area contributed by atoms with Crippen LogP contribution in [0.1, 0.15) is 43.4 Å². The molecule has 0 bridgehead atoms. The topological polar surface area (TPSA) is 141 Å². The van der Waals surface area contributed by atoms with Crippen LogP contribution in [-0.2, 0) is 12.7 Å². The first-order valence-corrected chi connectivity index (χ1v) is 10.3. The molecule has 0 fully saturated rings. The lowest BCUT2D eigenvalue weighted by Crippen LogP contribution is -2.22.